The second-order valence-electron chi connectivity index (χ2n) is 6.96. The summed E-state index contributed by atoms with van der Waals surface area (Å²) in [5.74, 6) is 1.27. The standard InChI is InChI=1S/C21H25N3O6S/c1-14(16-5-10-19-20(13-16)30-12-11-29-19)22-23-21(25)15(2)24(31(4,26)27)17-6-8-18(28-3)9-7-17/h5-10,13,15H,11-12H2,1-4H3,(H,23,25)/b22-14-/t15-/m0/s1. The van der Waals surface area contributed by atoms with Gasteiger partial charge in [-0.1, -0.05) is 0 Å². The first-order chi connectivity index (χ1) is 14.7. The molecule has 0 unspecified atom stereocenters. The molecule has 10 heteroatoms. The van der Waals surface area contributed by atoms with Gasteiger partial charge >= 0.3 is 0 Å². The second-order valence-corrected chi connectivity index (χ2v) is 8.82. The van der Waals surface area contributed by atoms with Gasteiger partial charge in [0.1, 0.15) is 25.0 Å². The van der Waals surface area contributed by atoms with Crippen LogP contribution in [-0.2, 0) is 14.8 Å². The summed E-state index contributed by atoms with van der Waals surface area (Å²) in [6.07, 6.45) is 1.05. The molecule has 0 aromatic heterocycles. The molecule has 1 heterocycles. The van der Waals surface area contributed by atoms with Gasteiger partial charge in [-0.25, -0.2) is 13.8 Å². The van der Waals surface area contributed by atoms with Crippen molar-refractivity contribution in [2.75, 3.05) is 30.9 Å². The van der Waals surface area contributed by atoms with Gasteiger partial charge in [-0.05, 0) is 56.3 Å². The van der Waals surface area contributed by atoms with Gasteiger partial charge in [0, 0.05) is 5.56 Å². The smallest absolute Gasteiger partial charge is 0.263 e. The molecule has 1 amide bonds. The molecule has 0 radical (unpaired) electrons. The van der Waals surface area contributed by atoms with Crippen molar-refractivity contribution in [1.82, 2.24) is 5.43 Å². The maximum Gasteiger partial charge on any atom is 0.263 e. The number of carbonyl (C=O) groups excluding carboxylic acids is 1. The minimum Gasteiger partial charge on any atom is -0.497 e. The summed E-state index contributed by atoms with van der Waals surface area (Å²) in [6.45, 7) is 4.19. The average molecular weight is 448 g/mol. The first-order valence-electron chi connectivity index (χ1n) is 9.58. The molecule has 0 aliphatic carbocycles. The number of hydrazone groups is 1. The van der Waals surface area contributed by atoms with Crippen LogP contribution in [0, 0.1) is 0 Å². The Kier molecular flexibility index (Phi) is 6.69. The summed E-state index contributed by atoms with van der Waals surface area (Å²) in [4.78, 5) is 12.7. The summed E-state index contributed by atoms with van der Waals surface area (Å²) < 4.78 is 42.0. The van der Waals surface area contributed by atoms with Gasteiger partial charge in [-0.2, -0.15) is 5.10 Å². The van der Waals surface area contributed by atoms with Gasteiger partial charge in [0.25, 0.3) is 5.91 Å². The molecule has 3 rings (SSSR count). The van der Waals surface area contributed by atoms with Gasteiger partial charge in [0.15, 0.2) is 11.5 Å². The van der Waals surface area contributed by atoms with E-state index in [1.165, 1.54) is 14.0 Å². The Morgan fingerprint density at radius 3 is 2.39 bits per heavy atom. The predicted molar refractivity (Wildman–Crippen MR) is 118 cm³/mol. The molecular formula is C21H25N3O6S. The minimum atomic E-state index is -3.73. The van der Waals surface area contributed by atoms with Gasteiger partial charge in [-0.3, -0.25) is 9.10 Å². The van der Waals surface area contributed by atoms with Crippen LogP contribution in [0.4, 0.5) is 5.69 Å². The number of ether oxygens (including phenoxy) is 3. The minimum absolute atomic E-state index is 0.346. The number of hydrogen-bond donors (Lipinski definition) is 1. The van der Waals surface area contributed by atoms with E-state index >= 15 is 0 Å². The number of fused-ring (bicyclic) bond motifs is 1. The van der Waals surface area contributed by atoms with E-state index in [9.17, 15) is 13.2 Å². The van der Waals surface area contributed by atoms with Gasteiger partial charge in [0.2, 0.25) is 10.0 Å². The van der Waals surface area contributed by atoms with E-state index < -0.39 is 22.0 Å². The molecule has 31 heavy (non-hydrogen) atoms. The lowest BCUT2D eigenvalue weighted by Crippen LogP contribution is -2.46. The van der Waals surface area contributed by atoms with Crippen LogP contribution in [0.5, 0.6) is 17.2 Å². The number of carbonyl (C=O) groups is 1. The molecule has 0 saturated carbocycles. The molecule has 1 atom stereocenters. The highest BCUT2D eigenvalue weighted by molar-refractivity contribution is 7.92. The van der Waals surface area contributed by atoms with Crippen molar-refractivity contribution in [2.45, 2.75) is 19.9 Å². The highest BCUT2D eigenvalue weighted by atomic mass is 32.2. The van der Waals surface area contributed by atoms with E-state index in [1.54, 1.807) is 43.3 Å². The first kappa shape index (κ1) is 22.4. The van der Waals surface area contributed by atoms with Crippen LogP contribution in [0.2, 0.25) is 0 Å². The molecule has 166 valence electrons. The quantitative estimate of drug-likeness (QED) is 0.515. The molecule has 0 bridgehead atoms. The van der Waals surface area contributed by atoms with Crippen LogP contribution < -0.4 is 23.9 Å². The van der Waals surface area contributed by atoms with Crippen molar-refractivity contribution < 1.29 is 27.4 Å². The van der Waals surface area contributed by atoms with E-state index in [2.05, 4.69) is 10.5 Å². The number of sulfonamides is 1. The van der Waals surface area contributed by atoms with E-state index in [0.29, 0.717) is 41.9 Å². The Morgan fingerprint density at radius 2 is 1.77 bits per heavy atom. The second kappa shape index (κ2) is 9.25. The molecule has 0 saturated heterocycles. The third-order valence-corrected chi connectivity index (χ3v) is 5.95. The van der Waals surface area contributed by atoms with E-state index in [-0.39, 0.29) is 0 Å². The number of amides is 1. The highest BCUT2D eigenvalue weighted by Crippen LogP contribution is 2.31. The number of nitrogens with one attached hydrogen (secondary N) is 1. The van der Waals surface area contributed by atoms with E-state index in [0.717, 1.165) is 16.1 Å². The number of methoxy groups -OCH3 is 1. The van der Waals surface area contributed by atoms with Crippen LogP contribution in [0.25, 0.3) is 0 Å². The van der Waals surface area contributed by atoms with Crippen LogP contribution in [0.3, 0.4) is 0 Å². The molecule has 1 aliphatic heterocycles. The van der Waals surface area contributed by atoms with Crippen LogP contribution >= 0.6 is 0 Å². The fourth-order valence-corrected chi connectivity index (χ4v) is 4.28. The van der Waals surface area contributed by atoms with Crippen LogP contribution in [-0.4, -0.2) is 52.7 Å². The molecule has 9 nitrogen and oxygen atoms in total. The van der Waals surface area contributed by atoms with Crippen LogP contribution in [0.1, 0.15) is 19.4 Å². The van der Waals surface area contributed by atoms with Gasteiger partial charge in [-0.15, -0.1) is 0 Å². The Morgan fingerprint density at radius 1 is 1.13 bits per heavy atom. The zero-order valence-corrected chi connectivity index (χ0v) is 18.6. The number of benzene rings is 2. The number of nitrogens with zero attached hydrogens (tertiary/aromatic N) is 2. The molecule has 2 aromatic carbocycles. The Hall–Kier alpha value is -3.27. The molecule has 2 aromatic rings. The number of anilines is 1. The number of rotatable bonds is 7. The first-order valence-corrected chi connectivity index (χ1v) is 11.4. The van der Waals surface area contributed by atoms with Crippen molar-refractivity contribution in [2.24, 2.45) is 5.10 Å². The zero-order chi connectivity index (χ0) is 22.6. The maximum atomic E-state index is 12.7. The third-order valence-electron chi connectivity index (χ3n) is 4.71. The van der Waals surface area contributed by atoms with Gasteiger partial charge < -0.3 is 14.2 Å². The Balaban J connectivity index is 1.76. The Bertz CT molecular complexity index is 1080. The molecule has 0 spiro atoms. The average Bonchev–Trinajstić information content (AvgIpc) is 2.76. The van der Waals surface area contributed by atoms with Crippen molar-refractivity contribution >= 4 is 27.3 Å². The highest BCUT2D eigenvalue weighted by Gasteiger charge is 2.29. The summed E-state index contributed by atoms with van der Waals surface area (Å²) in [5.41, 5.74) is 4.08. The zero-order valence-electron chi connectivity index (χ0n) is 17.8. The Labute approximate surface area is 181 Å². The van der Waals surface area contributed by atoms with Crippen molar-refractivity contribution in [3.63, 3.8) is 0 Å². The van der Waals surface area contributed by atoms with E-state index in [4.69, 9.17) is 14.2 Å². The predicted octanol–water partition coefficient (Wildman–Crippen LogP) is 2.16. The van der Waals surface area contributed by atoms with Crippen molar-refractivity contribution in [3.05, 3.63) is 48.0 Å². The summed E-state index contributed by atoms with van der Waals surface area (Å²) in [5, 5.41) is 4.13. The summed E-state index contributed by atoms with van der Waals surface area (Å²) >= 11 is 0. The summed E-state index contributed by atoms with van der Waals surface area (Å²) in [7, 11) is -2.21. The third kappa shape index (κ3) is 5.26. The molecular weight excluding hydrogens is 422 g/mol. The number of hydrogen-bond acceptors (Lipinski definition) is 7. The van der Waals surface area contributed by atoms with Gasteiger partial charge in [0.05, 0.1) is 24.8 Å². The monoisotopic (exact) mass is 447 g/mol. The summed E-state index contributed by atoms with van der Waals surface area (Å²) in [6, 6.07) is 10.7. The SMILES string of the molecule is COc1ccc(N([C@@H](C)C(=O)N/N=C(/C)c2ccc3c(c2)OCCO3)S(C)(=O)=O)cc1. The van der Waals surface area contributed by atoms with Crippen molar-refractivity contribution in [3.8, 4) is 17.2 Å². The normalized spacial score (nSPS) is 14.5. The molecule has 1 aliphatic rings. The fourth-order valence-electron chi connectivity index (χ4n) is 3.10. The largest absolute Gasteiger partial charge is 0.497 e. The molecule has 0 fully saturated rings. The fraction of sp³-hybridized carbons (Fsp3) is 0.333. The lowest BCUT2D eigenvalue weighted by atomic mass is 10.1. The van der Waals surface area contributed by atoms with E-state index in [1.807, 2.05) is 6.07 Å². The lowest BCUT2D eigenvalue weighted by Gasteiger charge is -2.27. The topological polar surface area (TPSA) is 107 Å². The van der Waals surface area contributed by atoms with Crippen LogP contribution in [0.15, 0.2) is 47.6 Å². The molecule has 1 N–H and O–H groups in total. The maximum absolute atomic E-state index is 12.7. The lowest BCUT2D eigenvalue weighted by molar-refractivity contribution is -0.121. The van der Waals surface area contributed by atoms with Crippen molar-refractivity contribution in [1.29, 1.82) is 0 Å².